The van der Waals surface area contributed by atoms with Gasteiger partial charge in [-0.3, -0.25) is 0 Å². The van der Waals surface area contributed by atoms with Gasteiger partial charge in [-0.05, 0) is 12.8 Å². The van der Waals surface area contributed by atoms with Crippen LogP contribution in [0.5, 0.6) is 0 Å². The van der Waals surface area contributed by atoms with E-state index >= 15 is 0 Å². The van der Waals surface area contributed by atoms with Crippen LogP contribution in [-0.4, -0.2) is 23.6 Å². The molecular weight excluding hydrogens is 170 g/mol. The van der Waals surface area contributed by atoms with Crippen LogP contribution in [0.2, 0.25) is 0 Å². The summed E-state index contributed by atoms with van der Waals surface area (Å²) in [7, 11) is 0. The van der Waals surface area contributed by atoms with E-state index in [4.69, 9.17) is 0 Å². The Morgan fingerprint density at radius 2 is 2.00 bits per heavy atom. The molecule has 0 amide bonds. The number of nitrogens with zero attached hydrogens (tertiary/aromatic N) is 1. The number of fused-ring (bicyclic) bond motifs is 1. The Morgan fingerprint density at radius 3 is 2.79 bits per heavy atom. The van der Waals surface area contributed by atoms with Gasteiger partial charge in [-0.2, -0.15) is 0 Å². The first-order valence-corrected chi connectivity index (χ1v) is 5.79. The van der Waals surface area contributed by atoms with Gasteiger partial charge in [0.2, 0.25) is 0 Å². The zero-order valence-corrected chi connectivity index (χ0v) is 8.65. The van der Waals surface area contributed by atoms with E-state index in [2.05, 4.69) is 30.3 Å². The molecule has 2 unspecified atom stereocenters. The van der Waals surface area contributed by atoms with E-state index in [-0.39, 0.29) is 0 Å². The number of piperidine rings is 1. The van der Waals surface area contributed by atoms with Crippen LogP contribution in [0.25, 0.3) is 0 Å². The molecule has 0 N–H and O–H groups in total. The van der Waals surface area contributed by atoms with Gasteiger partial charge in [-0.15, -0.1) is 0 Å². The standard InChI is InChI=1S/C13H18N/c1-2-6-12(7-3-1)10-14-9-5-4-8-13(14)11-14/h1-3,6-7,13H,4-5,8-11H2/q+1. The van der Waals surface area contributed by atoms with Crippen molar-refractivity contribution in [1.29, 1.82) is 0 Å². The van der Waals surface area contributed by atoms with Crippen LogP contribution in [0.3, 0.4) is 0 Å². The van der Waals surface area contributed by atoms with E-state index in [0.29, 0.717) is 0 Å². The second kappa shape index (κ2) is 3.09. The topological polar surface area (TPSA) is 0 Å². The third-order valence-corrected chi connectivity index (χ3v) is 3.95. The summed E-state index contributed by atoms with van der Waals surface area (Å²) in [6, 6.07) is 12.0. The first-order valence-electron chi connectivity index (χ1n) is 5.79. The number of benzene rings is 1. The van der Waals surface area contributed by atoms with Crippen molar-refractivity contribution in [1.82, 2.24) is 0 Å². The Kier molecular flexibility index (Phi) is 1.88. The Balaban J connectivity index is 1.74. The Hall–Kier alpha value is -0.820. The molecule has 1 aromatic carbocycles. The van der Waals surface area contributed by atoms with Crippen molar-refractivity contribution in [3.63, 3.8) is 0 Å². The smallest absolute Gasteiger partial charge is 0.139 e. The monoisotopic (exact) mass is 188 g/mol. The molecule has 0 aliphatic carbocycles. The molecule has 0 spiro atoms. The van der Waals surface area contributed by atoms with E-state index in [1.54, 1.807) is 0 Å². The van der Waals surface area contributed by atoms with Gasteiger partial charge >= 0.3 is 0 Å². The zero-order chi connectivity index (χ0) is 9.43. The van der Waals surface area contributed by atoms with Crippen LogP contribution in [0.4, 0.5) is 0 Å². The summed E-state index contributed by atoms with van der Waals surface area (Å²) in [5, 5.41) is 0. The van der Waals surface area contributed by atoms with Crippen molar-refractivity contribution in [2.45, 2.75) is 31.8 Å². The maximum Gasteiger partial charge on any atom is 0.139 e. The largest absolute Gasteiger partial charge is 0.308 e. The number of hydrogen-bond acceptors (Lipinski definition) is 0. The minimum absolute atomic E-state index is 1.02. The molecule has 0 saturated carbocycles. The third kappa shape index (κ3) is 1.36. The first kappa shape index (κ1) is 8.49. The summed E-state index contributed by atoms with van der Waals surface area (Å²) in [4.78, 5) is 0. The van der Waals surface area contributed by atoms with Crippen LogP contribution in [-0.2, 0) is 6.54 Å². The summed E-state index contributed by atoms with van der Waals surface area (Å²) >= 11 is 0. The fourth-order valence-electron chi connectivity index (χ4n) is 3.04. The predicted molar refractivity (Wildman–Crippen MR) is 57.8 cm³/mol. The van der Waals surface area contributed by atoms with Crippen LogP contribution >= 0.6 is 0 Å². The van der Waals surface area contributed by atoms with E-state index in [0.717, 1.165) is 6.04 Å². The molecule has 1 aromatic rings. The van der Waals surface area contributed by atoms with Crippen LogP contribution in [0, 0.1) is 0 Å². The third-order valence-electron chi connectivity index (χ3n) is 3.95. The normalized spacial score (nSPS) is 35.0. The van der Waals surface area contributed by atoms with Gasteiger partial charge in [-0.1, -0.05) is 30.3 Å². The molecule has 2 aliphatic heterocycles. The minimum Gasteiger partial charge on any atom is -0.308 e. The van der Waals surface area contributed by atoms with Gasteiger partial charge in [0.1, 0.15) is 19.1 Å². The van der Waals surface area contributed by atoms with E-state index in [9.17, 15) is 0 Å². The molecule has 2 saturated heterocycles. The summed E-state index contributed by atoms with van der Waals surface area (Å²) in [6.45, 7) is 4.17. The second-order valence-corrected chi connectivity index (χ2v) is 4.92. The molecule has 2 fully saturated rings. The quantitative estimate of drug-likeness (QED) is 0.494. The molecule has 3 rings (SSSR count). The average Bonchev–Trinajstić information content (AvgIpc) is 2.93. The molecule has 0 radical (unpaired) electrons. The van der Waals surface area contributed by atoms with Gasteiger partial charge in [0, 0.05) is 12.0 Å². The van der Waals surface area contributed by atoms with Crippen molar-refractivity contribution < 1.29 is 4.48 Å². The molecule has 74 valence electrons. The van der Waals surface area contributed by atoms with Crippen LogP contribution in [0.15, 0.2) is 30.3 Å². The van der Waals surface area contributed by atoms with E-state index < -0.39 is 0 Å². The lowest BCUT2D eigenvalue weighted by Crippen LogP contribution is -2.32. The SMILES string of the molecule is c1ccc(C[N+]23CCCCC2C3)cc1. The summed E-state index contributed by atoms with van der Waals surface area (Å²) < 4.78 is 1.41. The summed E-state index contributed by atoms with van der Waals surface area (Å²) in [5.74, 6) is 0. The number of quaternary nitrogens is 1. The van der Waals surface area contributed by atoms with Gasteiger partial charge in [0.05, 0.1) is 6.54 Å². The zero-order valence-electron chi connectivity index (χ0n) is 8.65. The average molecular weight is 188 g/mol. The molecule has 2 heterocycles. The van der Waals surface area contributed by atoms with Gasteiger partial charge in [-0.25, -0.2) is 0 Å². The highest BCUT2D eigenvalue weighted by Gasteiger charge is 2.55. The molecular formula is C13H18N+. The Bertz CT molecular complexity index is 319. The minimum atomic E-state index is 1.02. The van der Waals surface area contributed by atoms with Crippen molar-refractivity contribution in [3.05, 3.63) is 35.9 Å². The van der Waals surface area contributed by atoms with Crippen LogP contribution in [0.1, 0.15) is 24.8 Å². The van der Waals surface area contributed by atoms with Gasteiger partial charge in [0.25, 0.3) is 0 Å². The highest BCUT2D eigenvalue weighted by atomic mass is 15.5. The highest BCUT2D eigenvalue weighted by molar-refractivity contribution is 5.14. The van der Waals surface area contributed by atoms with Crippen molar-refractivity contribution in [2.75, 3.05) is 13.1 Å². The molecule has 14 heavy (non-hydrogen) atoms. The first-order chi connectivity index (χ1) is 6.89. The molecule has 2 aliphatic rings. The maximum atomic E-state index is 2.27. The van der Waals surface area contributed by atoms with E-state index in [1.807, 2.05) is 0 Å². The van der Waals surface area contributed by atoms with Crippen molar-refractivity contribution in [3.8, 4) is 0 Å². The second-order valence-electron chi connectivity index (χ2n) is 4.92. The maximum absolute atomic E-state index is 2.27. The lowest BCUT2D eigenvalue weighted by molar-refractivity contribution is -0.832. The number of hydrogen-bond donors (Lipinski definition) is 0. The lowest BCUT2D eigenvalue weighted by Gasteiger charge is -2.24. The predicted octanol–water partition coefficient (Wildman–Crippen LogP) is 2.57. The van der Waals surface area contributed by atoms with Gasteiger partial charge < -0.3 is 4.48 Å². The van der Waals surface area contributed by atoms with Gasteiger partial charge in [0.15, 0.2) is 0 Å². The van der Waals surface area contributed by atoms with E-state index in [1.165, 1.54) is 48.9 Å². The highest BCUT2D eigenvalue weighted by Crippen LogP contribution is 2.41. The fraction of sp³-hybridized carbons (Fsp3) is 0.538. The lowest BCUT2D eigenvalue weighted by atomic mass is 10.1. The molecule has 0 bridgehead atoms. The Labute approximate surface area is 85.9 Å². The summed E-state index contributed by atoms with van der Waals surface area (Å²) in [6.07, 6.45) is 4.40. The molecule has 2 atom stereocenters. The molecule has 1 heteroatoms. The van der Waals surface area contributed by atoms with Crippen molar-refractivity contribution in [2.24, 2.45) is 0 Å². The fourth-order valence-corrected chi connectivity index (χ4v) is 3.04. The summed E-state index contributed by atoms with van der Waals surface area (Å²) in [5.41, 5.74) is 1.52. The Morgan fingerprint density at radius 1 is 1.14 bits per heavy atom. The molecule has 0 aromatic heterocycles. The van der Waals surface area contributed by atoms with Crippen molar-refractivity contribution >= 4 is 0 Å². The van der Waals surface area contributed by atoms with Crippen LogP contribution < -0.4 is 0 Å². The molecule has 1 nitrogen and oxygen atoms in total. The number of rotatable bonds is 2.